The van der Waals surface area contributed by atoms with Crippen LogP contribution in [0, 0.1) is 5.92 Å². The lowest BCUT2D eigenvalue weighted by molar-refractivity contribution is -0.136. The zero-order valence-corrected chi connectivity index (χ0v) is 21.8. The van der Waals surface area contributed by atoms with E-state index in [0.29, 0.717) is 53.1 Å². The molecule has 0 bridgehead atoms. The summed E-state index contributed by atoms with van der Waals surface area (Å²) in [6.45, 7) is 2.86. The molecule has 2 unspecified atom stereocenters. The van der Waals surface area contributed by atoms with Crippen LogP contribution in [0.15, 0.2) is 36.4 Å². The van der Waals surface area contributed by atoms with Gasteiger partial charge in [0.05, 0.1) is 6.61 Å². The molecule has 0 radical (unpaired) electrons. The molecule has 2 saturated heterocycles. The van der Waals surface area contributed by atoms with Gasteiger partial charge in [0.2, 0.25) is 11.8 Å². The first-order valence-corrected chi connectivity index (χ1v) is 12.9. The molecule has 2 aromatic carbocycles. The third-order valence-corrected chi connectivity index (χ3v) is 7.27. The number of nitrogens with zero attached hydrogens (tertiary/aromatic N) is 2. The highest BCUT2D eigenvalue weighted by Crippen LogP contribution is 2.29. The number of rotatable bonds is 7. The quantitative estimate of drug-likeness (QED) is 0.518. The van der Waals surface area contributed by atoms with Gasteiger partial charge in [-0.1, -0.05) is 23.7 Å². The van der Waals surface area contributed by atoms with Gasteiger partial charge in [-0.2, -0.15) is 0 Å². The minimum absolute atomic E-state index is 0.0517. The van der Waals surface area contributed by atoms with E-state index in [-0.39, 0.29) is 24.8 Å². The Morgan fingerprint density at radius 2 is 2.00 bits per heavy atom. The summed E-state index contributed by atoms with van der Waals surface area (Å²) in [4.78, 5) is 52.9. The van der Waals surface area contributed by atoms with Crippen molar-refractivity contribution in [3.63, 3.8) is 0 Å². The van der Waals surface area contributed by atoms with Gasteiger partial charge in [-0.15, -0.1) is 0 Å². The van der Waals surface area contributed by atoms with Crippen molar-refractivity contribution in [2.24, 2.45) is 5.92 Å². The van der Waals surface area contributed by atoms with Crippen molar-refractivity contribution in [3.05, 3.63) is 58.1 Å². The topological polar surface area (TPSA) is 117 Å². The maximum absolute atomic E-state index is 13.0. The third-order valence-electron chi connectivity index (χ3n) is 7.05. The molecule has 0 aliphatic carbocycles. The zero-order chi connectivity index (χ0) is 26.8. The number of nitrogens with one attached hydrogen (secondary N) is 2. The van der Waals surface area contributed by atoms with Crippen LogP contribution in [0.4, 0.5) is 10.5 Å². The van der Waals surface area contributed by atoms with Gasteiger partial charge in [-0.25, -0.2) is 4.79 Å². The smallest absolute Gasteiger partial charge is 0.411 e. The number of likely N-dealkylation sites (tertiary alicyclic amines) is 1. The number of hydrogen-bond acceptors (Lipinski definition) is 7. The minimum atomic E-state index is -0.677. The monoisotopic (exact) mass is 540 g/mol. The maximum Gasteiger partial charge on any atom is 0.411 e. The van der Waals surface area contributed by atoms with Crippen molar-refractivity contribution < 1.29 is 28.7 Å². The van der Waals surface area contributed by atoms with Gasteiger partial charge in [-0.3, -0.25) is 25.0 Å². The molecule has 2 atom stereocenters. The van der Waals surface area contributed by atoms with E-state index >= 15 is 0 Å². The van der Waals surface area contributed by atoms with Gasteiger partial charge < -0.3 is 19.3 Å². The van der Waals surface area contributed by atoms with Crippen LogP contribution in [0.3, 0.4) is 0 Å². The number of fused-ring (bicyclic) bond motifs is 1. The van der Waals surface area contributed by atoms with Crippen LogP contribution < -0.4 is 15.4 Å². The van der Waals surface area contributed by atoms with E-state index in [2.05, 4.69) is 22.6 Å². The predicted octanol–water partition coefficient (Wildman–Crippen LogP) is 3.18. The molecule has 0 aromatic heterocycles. The number of halogens is 1. The lowest BCUT2D eigenvalue weighted by Gasteiger charge is -2.29. The molecule has 200 valence electrons. The van der Waals surface area contributed by atoms with Crippen molar-refractivity contribution in [1.82, 2.24) is 15.1 Å². The summed E-state index contributed by atoms with van der Waals surface area (Å²) in [5, 5.41) is 5.39. The van der Waals surface area contributed by atoms with Gasteiger partial charge in [0.15, 0.2) is 0 Å². The largest absolute Gasteiger partial charge is 0.493 e. The summed E-state index contributed by atoms with van der Waals surface area (Å²) in [7, 11) is 2.09. The molecule has 0 spiro atoms. The van der Waals surface area contributed by atoms with Crippen molar-refractivity contribution in [3.8, 4) is 5.75 Å². The van der Waals surface area contributed by atoms with Gasteiger partial charge in [-0.05, 0) is 55.8 Å². The Hall–Kier alpha value is -3.63. The number of anilines is 1. The van der Waals surface area contributed by atoms with Crippen molar-refractivity contribution in [2.45, 2.75) is 38.5 Å². The molecular weight excluding hydrogens is 512 g/mol. The first-order chi connectivity index (χ1) is 18.2. The maximum atomic E-state index is 13.0. The molecule has 5 rings (SSSR count). The summed E-state index contributed by atoms with van der Waals surface area (Å²) >= 11 is 6.22. The molecule has 10 nitrogen and oxygen atoms in total. The van der Waals surface area contributed by atoms with E-state index in [9.17, 15) is 19.2 Å². The molecular formula is C27H29ClN4O6. The molecule has 4 amide bonds. The summed E-state index contributed by atoms with van der Waals surface area (Å²) in [6, 6.07) is 9.57. The standard InChI is InChI=1S/C27H29ClN4O6/c1-31-7-6-17(12-31)15-37-21-10-19(28)9-20(11-21)29-27(36)38-14-16-2-3-18-13-32(26(35)22(18)8-16)23-4-5-24(33)30-25(23)34/h2-3,8-11,17,23H,4-7,12-15H2,1H3,(H,29,36)(H,30,33,34). The van der Waals surface area contributed by atoms with Crippen molar-refractivity contribution in [1.29, 1.82) is 0 Å². The Kier molecular flexibility index (Phi) is 7.53. The molecule has 0 saturated carbocycles. The summed E-state index contributed by atoms with van der Waals surface area (Å²) in [6.07, 6.45) is 0.905. The first kappa shape index (κ1) is 26.0. The second-order valence-electron chi connectivity index (χ2n) is 10.00. The predicted molar refractivity (Wildman–Crippen MR) is 139 cm³/mol. The summed E-state index contributed by atoms with van der Waals surface area (Å²) in [5.41, 5.74) is 2.32. The molecule has 3 aliphatic heterocycles. The first-order valence-electron chi connectivity index (χ1n) is 12.6. The van der Waals surface area contributed by atoms with Crippen LogP contribution in [-0.4, -0.2) is 66.4 Å². The van der Waals surface area contributed by atoms with Crippen LogP contribution in [0.25, 0.3) is 0 Å². The molecule has 38 heavy (non-hydrogen) atoms. The number of imide groups is 1. The average Bonchev–Trinajstić information content (AvgIpc) is 3.43. The fraction of sp³-hybridized carbons (Fsp3) is 0.407. The molecule has 3 aliphatic rings. The summed E-state index contributed by atoms with van der Waals surface area (Å²) < 4.78 is 11.3. The van der Waals surface area contributed by atoms with Gasteiger partial charge >= 0.3 is 6.09 Å². The molecule has 2 fully saturated rings. The van der Waals surface area contributed by atoms with Crippen molar-refractivity contribution in [2.75, 3.05) is 32.1 Å². The van der Waals surface area contributed by atoms with Gasteiger partial charge in [0, 0.05) is 47.8 Å². The Morgan fingerprint density at radius 3 is 2.76 bits per heavy atom. The van der Waals surface area contributed by atoms with E-state index < -0.39 is 18.0 Å². The Balaban J connectivity index is 1.15. The van der Waals surface area contributed by atoms with Crippen LogP contribution in [0.2, 0.25) is 5.02 Å². The number of amides is 4. The van der Waals surface area contributed by atoms with E-state index in [1.807, 2.05) is 0 Å². The highest BCUT2D eigenvalue weighted by atomic mass is 35.5. The third kappa shape index (κ3) is 5.92. The molecule has 3 heterocycles. The number of carbonyl (C=O) groups is 4. The Morgan fingerprint density at radius 1 is 1.16 bits per heavy atom. The van der Waals surface area contributed by atoms with Crippen molar-refractivity contribution >= 4 is 41.1 Å². The van der Waals surface area contributed by atoms with Crippen LogP contribution in [0.5, 0.6) is 5.75 Å². The van der Waals surface area contributed by atoms with Gasteiger partial charge in [0.25, 0.3) is 5.91 Å². The SMILES string of the molecule is CN1CCC(COc2cc(Cl)cc(NC(=O)OCc3ccc4c(c3)C(=O)N(C3CCC(=O)NC3=O)C4)c2)C1. The minimum Gasteiger partial charge on any atom is -0.493 e. The summed E-state index contributed by atoms with van der Waals surface area (Å²) in [5.74, 6) is -0.0395. The molecule has 2 aromatic rings. The lowest BCUT2D eigenvalue weighted by Crippen LogP contribution is -2.52. The highest BCUT2D eigenvalue weighted by molar-refractivity contribution is 6.31. The fourth-order valence-electron chi connectivity index (χ4n) is 5.09. The van der Waals surface area contributed by atoms with E-state index in [4.69, 9.17) is 21.1 Å². The van der Waals surface area contributed by atoms with E-state index in [1.165, 1.54) is 4.90 Å². The number of piperidine rings is 1. The van der Waals surface area contributed by atoms with E-state index in [0.717, 1.165) is 25.1 Å². The fourth-order valence-corrected chi connectivity index (χ4v) is 5.31. The van der Waals surface area contributed by atoms with Crippen LogP contribution in [-0.2, 0) is 27.5 Å². The van der Waals surface area contributed by atoms with E-state index in [1.54, 1.807) is 36.4 Å². The normalized spacial score (nSPS) is 21.3. The number of hydrogen-bond donors (Lipinski definition) is 2. The zero-order valence-electron chi connectivity index (χ0n) is 21.0. The molecule has 2 N–H and O–H groups in total. The second kappa shape index (κ2) is 11.0. The van der Waals surface area contributed by atoms with Gasteiger partial charge in [0.1, 0.15) is 18.4 Å². The lowest BCUT2D eigenvalue weighted by atomic mass is 10.0. The average molecular weight is 541 g/mol. The van der Waals surface area contributed by atoms with Crippen LogP contribution >= 0.6 is 11.6 Å². The number of ether oxygens (including phenoxy) is 2. The Labute approximate surface area is 225 Å². The van der Waals surface area contributed by atoms with Crippen LogP contribution in [0.1, 0.15) is 40.7 Å². The highest BCUT2D eigenvalue weighted by Gasteiger charge is 2.39. The number of benzene rings is 2. The number of carbonyl (C=O) groups excluding carboxylic acids is 4. The Bertz CT molecular complexity index is 1280. The second-order valence-corrected chi connectivity index (χ2v) is 10.4. The molecule has 11 heteroatoms.